The predicted molar refractivity (Wildman–Crippen MR) is 39.2 cm³/mol. The van der Waals surface area contributed by atoms with Crippen molar-refractivity contribution in [1.29, 1.82) is 0 Å². The van der Waals surface area contributed by atoms with Gasteiger partial charge in [0.15, 0.2) is 17.7 Å². The minimum atomic E-state index is -1.79. The van der Waals surface area contributed by atoms with Crippen LogP contribution in [0, 0.1) is 10.1 Å². The first-order valence-corrected chi connectivity index (χ1v) is 3.36. The van der Waals surface area contributed by atoms with E-state index >= 15 is 0 Å². The molecule has 0 amide bonds. The lowest BCUT2D eigenvalue weighted by Gasteiger charge is -2.15. The van der Waals surface area contributed by atoms with Crippen LogP contribution in [0.2, 0.25) is 0 Å². The zero-order valence-electron chi connectivity index (χ0n) is 7.09. The third-order valence-electron chi connectivity index (χ3n) is 1.30. The molecule has 0 radical (unpaired) electrons. The minimum absolute atomic E-state index is 0.762. The SMILES string of the molecule is CC(=O)C(O)C(O[N+](=O)[O-])C(C)=O. The molecular formula is C6H9NO6. The third-order valence-corrected chi connectivity index (χ3v) is 1.30. The molecule has 0 heterocycles. The number of aliphatic hydroxyl groups is 1. The Bertz CT molecular complexity index is 237. The lowest BCUT2D eigenvalue weighted by molar-refractivity contribution is -0.765. The summed E-state index contributed by atoms with van der Waals surface area (Å²) >= 11 is 0. The molecule has 0 saturated heterocycles. The average Bonchev–Trinajstić information content (AvgIpc) is 1.97. The number of rotatable bonds is 5. The summed E-state index contributed by atoms with van der Waals surface area (Å²) in [5.74, 6) is -1.54. The second-order valence-corrected chi connectivity index (χ2v) is 2.42. The summed E-state index contributed by atoms with van der Waals surface area (Å²) in [7, 11) is 0. The highest BCUT2D eigenvalue weighted by Crippen LogP contribution is 2.02. The van der Waals surface area contributed by atoms with Gasteiger partial charge in [-0.15, -0.1) is 10.1 Å². The molecule has 7 heteroatoms. The molecule has 13 heavy (non-hydrogen) atoms. The van der Waals surface area contributed by atoms with E-state index in [1.54, 1.807) is 0 Å². The first-order chi connectivity index (χ1) is 5.86. The van der Waals surface area contributed by atoms with Crippen LogP contribution in [0.15, 0.2) is 0 Å². The van der Waals surface area contributed by atoms with Gasteiger partial charge < -0.3 is 5.11 Å². The van der Waals surface area contributed by atoms with Crippen molar-refractivity contribution in [3.8, 4) is 0 Å². The minimum Gasteiger partial charge on any atom is -0.382 e. The van der Waals surface area contributed by atoms with E-state index in [-0.39, 0.29) is 0 Å². The van der Waals surface area contributed by atoms with Crippen LogP contribution in [0.3, 0.4) is 0 Å². The largest absolute Gasteiger partial charge is 0.382 e. The summed E-state index contributed by atoms with van der Waals surface area (Å²) in [6, 6.07) is 0. The smallest absolute Gasteiger partial charge is 0.295 e. The molecule has 0 aliphatic carbocycles. The number of carbonyl (C=O) groups is 2. The van der Waals surface area contributed by atoms with Crippen molar-refractivity contribution in [2.45, 2.75) is 26.1 Å². The molecule has 0 aromatic heterocycles. The molecule has 2 atom stereocenters. The molecule has 0 aliphatic rings. The molecule has 7 nitrogen and oxygen atoms in total. The first kappa shape index (κ1) is 11.5. The van der Waals surface area contributed by atoms with E-state index in [0.717, 1.165) is 13.8 Å². The average molecular weight is 191 g/mol. The number of hydrogen-bond acceptors (Lipinski definition) is 6. The molecule has 74 valence electrons. The van der Waals surface area contributed by atoms with Crippen molar-refractivity contribution < 1.29 is 24.6 Å². The molecule has 0 bridgehead atoms. The molecular weight excluding hydrogens is 182 g/mol. The molecule has 1 N–H and O–H groups in total. The summed E-state index contributed by atoms with van der Waals surface area (Å²) in [5, 5.41) is 17.6. The zero-order valence-corrected chi connectivity index (χ0v) is 7.09. The van der Waals surface area contributed by atoms with Crippen molar-refractivity contribution >= 4 is 11.6 Å². The molecule has 0 rings (SSSR count). The van der Waals surface area contributed by atoms with Gasteiger partial charge in [-0.2, -0.15) is 0 Å². The van der Waals surface area contributed by atoms with Crippen LogP contribution in [0.4, 0.5) is 0 Å². The van der Waals surface area contributed by atoms with Gasteiger partial charge in [0.05, 0.1) is 0 Å². The van der Waals surface area contributed by atoms with Crippen molar-refractivity contribution in [3.63, 3.8) is 0 Å². The molecule has 0 saturated carbocycles. The fourth-order valence-electron chi connectivity index (χ4n) is 0.660. The van der Waals surface area contributed by atoms with E-state index in [9.17, 15) is 19.7 Å². The Morgan fingerprint density at radius 3 is 2.08 bits per heavy atom. The Hall–Kier alpha value is -1.50. The number of ketones is 2. The maximum atomic E-state index is 10.7. The Morgan fingerprint density at radius 2 is 1.85 bits per heavy atom. The van der Waals surface area contributed by atoms with Crippen LogP contribution in [0.25, 0.3) is 0 Å². The zero-order chi connectivity index (χ0) is 10.6. The Morgan fingerprint density at radius 1 is 1.38 bits per heavy atom. The molecule has 2 unspecified atom stereocenters. The second-order valence-electron chi connectivity index (χ2n) is 2.42. The Labute approximate surface area is 73.4 Å². The first-order valence-electron chi connectivity index (χ1n) is 3.36. The highest BCUT2D eigenvalue weighted by atomic mass is 17.0. The fourth-order valence-corrected chi connectivity index (χ4v) is 0.660. The van der Waals surface area contributed by atoms with Crippen LogP contribution in [-0.4, -0.2) is 34.0 Å². The van der Waals surface area contributed by atoms with E-state index in [1.165, 1.54) is 0 Å². The molecule has 0 spiro atoms. The van der Waals surface area contributed by atoms with Gasteiger partial charge in [-0.25, -0.2) is 0 Å². The predicted octanol–water partition coefficient (Wildman–Crippen LogP) is -0.898. The van der Waals surface area contributed by atoms with Gasteiger partial charge in [-0.05, 0) is 13.8 Å². The van der Waals surface area contributed by atoms with Gasteiger partial charge in [0, 0.05) is 0 Å². The van der Waals surface area contributed by atoms with Crippen molar-refractivity contribution in [2.24, 2.45) is 0 Å². The van der Waals surface area contributed by atoms with Crippen LogP contribution in [0.1, 0.15) is 13.8 Å². The molecule has 0 aliphatic heterocycles. The number of aliphatic hydroxyl groups excluding tert-OH is 1. The topological polar surface area (TPSA) is 107 Å². The Balaban J connectivity index is 4.51. The van der Waals surface area contributed by atoms with Gasteiger partial charge in [0.2, 0.25) is 0 Å². The van der Waals surface area contributed by atoms with Gasteiger partial charge in [-0.3, -0.25) is 14.4 Å². The number of hydrogen-bond donors (Lipinski definition) is 1. The normalized spacial score (nSPS) is 14.4. The second kappa shape index (κ2) is 4.51. The lowest BCUT2D eigenvalue weighted by atomic mass is 10.1. The van der Waals surface area contributed by atoms with E-state index in [0.29, 0.717) is 0 Å². The number of Topliss-reactive ketones (excluding diaryl/α,β-unsaturated/α-hetero) is 2. The summed E-state index contributed by atoms with van der Waals surface area (Å²) in [5.41, 5.74) is 0. The van der Waals surface area contributed by atoms with Gasteiger partial charge in [-0.1, -0.05) is 0 Å². The number of nitrogens with zero attached hydrogens (tertiary/aromatic N) is 1. The van der Waals surface area contributed by atoms with Crippen LogP contribution in [0.5, 0.6) is 0 Å². The highest BCUT2D eigenvalue weighted by molar-refractivity contribution is 5.90. The lowest BCUT2D eigenvalue weighted by Crippen LogP contribution is -2.41. The number of carbonyl (C=O) groups excluding carboxylic acids is 2. The van der Waals surface area contributed by atoms with Crippen LogP contribution in [-0.2, 0) is 14.4 Å². The van der Waals surface area contributed by atoms with E-state index in [4.69, 9.17) is 5.11 Å². The fraction of sp³-hybridized carbons (Fsp3) is 0.667. The monoisotopic (exact) mass is 191 g/mol. The van der Waals surface area contributed by atoms with Gasteiger partial charge in [0.1, 0.15) is 6.10 Å². The van der Waals surface area contributed by atoms with E-state index in [2.05, 4.69) is 4.84 Å². The van der Waals surface area contributed by atoms with Gasteiger partial charge >= 0.3 is 0 Å². The van der Waals surface area contributed by atoms with E-state index < -0.39 is 28.9 Å². The maximum Gasteiger partial charge on any atom is 0.295 e. The van der Waals surface area contributed by atoms with Crippen molar-refractivity contribution in [2.75, 3.05) is 0 Å². The maximum absolute atomic E-state index is 10.7. The quantitative estimate of drug-likeness (QED) is 0.445. The van der Waals surface area contributed by atoms with Crippen molar-refractivity contribution in [3.05, 3.63) is 10.1 Å². The Kier molecular flexibility index (Phi) is 3.99. The van der Waals surface area contributed by atoms with Crippen LogP contribution >= 0.6 is 0 Å². The summed E-state index contributed by atoms with van der Waals surface area (Å²) < 4.78 is 0. The highest BCUT2D eigenvalue weighted by Gasteiger charge is 2.30. The third kappa shape index (κ3) is 3.61. The summed E-state index contributed by atoms with van der Waals surface area (Å²) in [4.78, 5) is 34.9. The van der Waals surface area contributed by atoms with E-state index in [1.807, 2.05) is 0 Å². The van der Waals surface area contributed by atoms with Crippen LogP contribution < -0.4 is 0 Å². The van der Waals surface area contributed by atoms with Gasteiger partial charge in [0.25, 0.3) is 5.09 Å². The van der Waals surface area contributed by atoms with Crippen molar-refractivity contribution in [1.82, 2.24) is 0 Å². The summed E-state index contributed by atoms with van der Waals surface area (Å²) in [6.45, 7) is 1.99. The molecule has 0 aromatic carbocycles. The molecule has 0 aromatic rings. The standard InChI is InChI=1S/C6H9NO6/c1-3(8)5(10)6(4(2)9)13-7(11)12/h5-6,10H,1-2H3. The molecule has 0 fully saturated rings. The summed E-state index contributed by atoms with van der Waals surface area (Å²) in [6.07, 6.45) is -3.52.